The van der Waals surface area contributed by atoms with E-state index < -0.39 is 7.94 Å². The van der Waals surface area contributed by atoms with Gasteiger partial charge >= 0.3 is 105 Å². The van der Waals surface area contributed by atoms with Crippen LogP contribution in [0.3, 0.4) is 0 Å². The van der Waals surface area contributed by atoms with Crippen LogP contribution in [0.15, 0.2) is 28.7 Å². The van der Waals surface area contributed by atoms with Gasteiger partial charge in [-0.05, 0) is 0 Å². The van der Waals surface area contributed by atoms with Gasteiger partial charge in [-0.2, -0.15) is 0 Å². The third-order valence-electron chi connectivity index (χ3n) is 2.08. The molecule has 0 aliphatic carbocycles. The minimum absolute atomic E-state index is 0.460. The zero-order chi connectivity index (χ0) is 12.0. The Hall–Kier alpha value is 0.01000. The molecule has 1 aromatic rings. The van der Waals surface area contributed by atoms with Crippen molar-refractivity contribution in [1.29, 1.82) is 0 Å². The van der Waals surface area contributed by atoms with Crippen LogP contribution in [-0.2, 0) is 15.2 Å². The van der Waals surface area contributed by atoms with Crippen LogP contribution < -0.4 is 0 Å². The van der Waals surface area contributed by atoms with E-state index in [0.717, 1.165) is 10.0 Å². The van der Waals surface area contributed by atoms with Gasteiger partial charge in [0.25, 0.3) is 0 Å². The van der Waals surface area contributed by atoms with Crippen molar-refractivity contribution in [3.8, 4) is 0 Å². The third-order valence-corrected chi connectivity index (χ3v) is 4.94. The summed E-state index contributed by atoms with van der Waals surface area (Å²) in [6.07, 6.45) is 0.460. The molecule has 0 amide bonds. The van der Waals surface area contributed by atoms with Crippen molar-refractivity contribution in [3.05, 3.63) is 34.3 Å². The molecule has 92 valence electrons. The summed E-state index contributed by atoms with van der Waals surface area (Å²) in [5, 5.41) is 0. The summed E-state index contributed by atoms with van der Waals surface area (Å²) in [6, 6.07) is 7.81. The summed E-state index contributed by atoms with van der Waals surface area (Å²) in [7, 11) is -3.02. The maximum atomic E-state index is 10.2. The molecule has 0 heterocycles. The molecule has 1 N–H and O–H groups in total. The van der Waals surface area contributed by atoms with Gasteiger partial charge in [0.1, 0.15) is 0 Å². The molecule has 0 fully saturated rings. The first-order chi connectivity index (χ1) is 7.59. The first-order valence-electron chi connectivity index (χ1n) is 5.34. The molecule has 0 radical (unpaired) electrons. The molecule has 0 aromatic heterocycles. The first-order valence-corrected chi connectivity index (χ1v) is 8.10. The van der Waals surface area contributed by atoms with E-state index in [0.29, 0.717) is 19.4 Å². The molecule has 0 unspecified atom stereocenters. The first kappa shape index (κ1) is 14.1. The third kappa shape index (κ3) is 4.48. The summed E-state index contributed by atoms with van der Waals surface area (Å²) in [6.45, 7) is 4.66. The van der Waals surface area contributed by atoms with Gasteiger partial charge < -0.3 is 0 Å². The molecular weight excluding hydrogens is 291 g/mol. The van der Waals surface area contributed by atoms with Gasteiger partial charge in [0.05, 0.1) is 0 Å². The monoisotopic (exact) mass is 308 g/mol. The van der Waals surface area contributed by atoms with Gasteiger partial charge in [0, 0.05) is 0 Å². The number of hydrogen-bond donors (Lipinski definition) is 1. The SMILES string of the molecule is CCO[PH](O)(Cc1ccc(Br)cc1)OCC. The zero-order valence-electron chi connectivity index (χ0n) is 9.57. The second-order valence-corrected chi connectivity index (χ2v) is 6.65. The fraction of sp³-hybridized carbons (Fsp3) is 0.455. The van der Waals surface area contributed by atoms with E-state index >= 15 is 0 Å². The normalized spacial score (nSPS) is 12.8. The predicted octanol–water partition coefficient (Wildman–Crippen LogP) is 3.51. The van der Waals surface area contributed by atoms with Crippen molar-refractivity contribution in [2.75, 3.05) is 13.2 Å². The van der Waals surface area contributed by atoms with E-state index in [-0.39, 0.29) is 0 Å². The van der Waals surface area contributed by atoms with Crippen molar-refractivity contribution >= 4 is 23.9 Å². The fourth-order valence-electron chi connectivity index (χ4n) is 1.46. The Balaban J connectivity index is 2.70. The molecule has 0 aliphatic rings. The van der Waals surface area contributed by atoms with Crippen LogP contribution in [0, 0.1) is 0 Å². The Morgan fingerprint density at radius 1 is 1.12 bits per heavy atom. The summed E-state index contributed by atoms with van der Waals surface area (Å²) < 4.78 is 11.8. The molecule has 0 aliphatic heterocycles. The molecule has 0 atom stereocenters. The number of halogens is 1. The van der Waals surface area contributed by atoms with Gasteiger partial charge in [0.2, 0.25) is 0 Å². The van der Waals surface area contributed by atoms with Crippen molar-refractivity contribution in [2.45, 2.75) is 20.0 Å². The van der Waals surface area contributed by atoms with Crippen molar-refractivity contribution in [2.24, 2.45) is 0 Å². The fourth-order valence-corrected chi connectivity index (χ4v) is 3.66. The maximum absolute atomic E-state index is 10.2. The van der Waals surface area contributed by atoms with Crippen molar-refractivity contribution in [3.63, 3.8) is 0 Å². The van der Waals surface area contributed by atoms with E-state index in [9.17, 15) is 4.89 Å². The predicted molar refractivity (Wildman–Crippen MR) is 71.6 cm³/mol. The molecule has 0 saturated heterocycles. The quantitative estimate of drug-likeness (QED) is 0.817. The second-order valence-electron chi connectivity index (χ2n) is 3.38. The summed E-state index contributed by atoms with van der Waals surface area (Å²) in [5.74, 6) is 0. The van der Waals surface area contributed by atoms with Crippen LogP contribution >= 0.6 is 23.9 Å². The molecule has 0 spiro atoms. The average molecular weight is 309 g/mol. The molecule has 16 heavy (non-hydrogen) atoms. The van der Waals surface area contributed by atoms with Gasteiger partial charge in [-0.3, -0.25) is 0 Å². The Morgan fingerprint density at radius 2 is 1.62 bits per heavy atom. The molecular formula is C11H18BrO3P. The van der Waals surface area contributed by atoms with Crippen LogP contribution in [0.5, 0.6) is 0 Å². The number of hydrogen-bond acceptors (Lipinski definition) is 3. The standard InChI is InChI=1S/C11H18BrO3P/c1-3-14-16(13,15-4-2)9-10-5-7-11(12)8-6-10/h5-8,13,16H,3-4,9H2,1-2H3. The number of rotatable bonds is 6. The average Bonchev–Trinajstić information content (AvgIpc) is 2.22. The van der Waals surface area contributed by atoms with Crippen LogP contribution in [0.2, 0.25) is 0 Å². The number of benzene rings is 1. The van der Waals surface area contributed by atoms with Crippen LogP contribution in [0.1, 0.15) is 19.4 Å². The Labute approximate surface area is 105 Å². The van der Waals surface area contributed by atoms with Crippen molar-refractivity contribution < 1.29 is 13.9 Å². The van der Waals surface area contributed by atoms with Gasteiger partial charge in [-0.15, -0.1) is 0 Å². The Morgan fingerprint density at radius 3 is 2.06 bits per heavy atom. The summed E-state index contributed by atoms with van der Waals surface area (Å²) >= 11 is 3.37. The summed E-state index contributed by atoms with van der Waals surface area (Å²) in [4.78, 5) is 10.2. The van der Waals surface area contributed by atoms with Crippen molar-refractivity contribution in [1.82, 2.24) is 0 Å². The Bertz CT molecular complexity index is 310. The van der Waals surface area contributed by atoms with E-state index in [1.165, 1.54) is 0 Å². The van der Waals surface area contributed by atoms with Crippen LogP contribution in [0.25, 0.3) is 0 Å². The van der Waals surface area contributed by atoms with E-state index in [1.54, 1.807) is 0 Å². The molecule has 1 aromatic carbocycles. The summed E-state index contributed by atoms with van der Waals surface area (Å²) in [5.41, 5.74) is 1.03. The zero-order valence-corrected chi connectivity index (χ0v) is 12.2. The van der Waals surface area contributed by atoms with E-state index in [4.69, 9.17) is 9.05 Å². The minimum atomic E-state index is -3.02. The van der Waals surface area contributed by atoms with Crippen LogP contribution in [-0.4, -0.2) is 18.1 Å². The Kier molecular flexibility index (Phi) is 5.87. The molecule has 5 heteroatoms. The molecule has 0 bridgehead atoms. The van der Waals surface area contributed by atoms with Gasteiger partial charge in [-0.25, -0.2) is 0 Å². The molecule has 1 rings (SSSR count). The van der Waals surface area contributed by atoms with E-state index in [2.05, 4.69) is 15.9 Å². The molecule has 0 saturated carbocycles. The molecule has 3 nitrogen and oxygen atoms in total. The van der Waals surface area contributed by atoms with Crippen LogP contribution in [0.4, 0.5) is 0 Å². The van der Waals surface area contributed by atoms with Gasteiger partial charge in [0.15, 0.2) is 0 Å². The topological polar surface area (TPSA) is 38.7 Å². The van der Waals surface area contributed by atoms with Gasteiger partial charge in [-0.1, -0.05) is 0 Å². The van der Waals surface area contributed by atoms with E-state index in [1.807, 2.05) is 38.1 Å². The second kappa shape index (κ2) is 6.67.